The molecule has 0 aliphatic carbocycles. The van der Waals surface area contributed by atoms with Crippen LogP contribution in [-0.2, 0) is 6.42 Å². The second kappa shape index (κ2) is 5.43. The molecule has 0 aliphatic heterocycles. The zero-order valence-electron chi connectivity index (χ0n) is 11.0. The van der Waals surface area contributed by atoms with Crippen LogP contribution in [0.1, 0.15) is 11.4 Å². The number of alkyl halides is 1. The molecule has 2 heterocycles. The molecule has 0 spiro atoms. The fraction of sp³-hybridized carbons (Fsp3) is 0.200. The Morgan fingerprint density at radius 1 is 1.25 bits per heavy atom. The molecule has 0 saturated heterocycles. The molecule has 0 amide bonds. The molecule has 102 valence electrons. The highest BCUT2D eigenvalue weighted by Gasteiger charge is 2.13. The van der Waals surface area contributed by atoms with E-state index in [1.54, 1.807) is 12.4 Å². The fourth-order valence-corrected chi connectivity index (χ4v) is 2.66. The predicted octanol–water partition coefficient (Wildman–Crippen LogP) is 4.16. The molecule has 3 rings (SSSR count). The molecule has 2 aromatic heterocycles. The predicted molar refractivity (Wildman–Crippen MR) is 83.0 cm³/mol. The Bertz CT molecular complexity index is 765. The van der Waals surface area contributed by atoms with Crippen LogP contribution in [0.15, 0.2) is 36.7 Å². The first-order valence-electron chi connectivity index (χ1n) is 6.34. The van der Waals surface area contributed by atoms with Gasteiger partial charge in [0.15, 0.2) is 0 Å². The van der Waals surface area contributed by atoms with Crippen LogP contribution in [-0.4, -0.2) is 20.4 Å². The number of rotatable bonds is 3. The largest absolute Gasteiger partial charge is 0.296 e. The van der Waals surface area contributed by atoms with Gasteiger partial charge in [0.05, 0.1) is 17.4 Å². The lowest BCUT2D eigenvalue weighted by atomic mass is 10.2. The number of hydrogen-bond donors (Lipinski definition) is 0. The van der Waals surface area contributed by atoms with Crippen molar-refractivity contribution in [3.05, 3.63) is 53.1 Å². The molecule has 0 atom stereocenters. The maximum Gasteiger partial charge on any atom is 0.115 e. The van der Waals surface area contributed by atoms with E-state index in [-0.39, 0.29) is 0 Å². The van der Waals surface area contributed by atoms with Gasteiger partial charge >= 0.3 is 0 Å². The number of aryl methyl sites for hydroxylation is 2. The summed E-state index contributed by atoms with van der Waals surface area (Å²) in [5.74, 6) is 1.45. The van der Waals surface area contributed by atoms with Gasteiger partial charge in [-0.2, -0.15) is 0 Å². The summed E-state index contributed by atoms with van der Waals surface area (Å²) >= 11 is 12.0. The number of aromatic nitrogens is 3. The standard InChI is InChI=1S/C15H13Cl2N3/c1-10-2-3-11(17)8-14(10)20-13-5-7-18-9-12(13)19-15(20)4-6-16/h2-3,5,7-9H,4,6H2,1H3. The minimum atomic E-state index is 0.524. The van der Waals surface area contributed by atoms with E-state index in [0.717, 1.165) is 28.1 Å². The highest BCUT2D eigenvalue weighted by atomic mass is 35.5. The van der Waals surface area contributed by atoms with Gasteiger partial charge in [0.2, 0.25) is 0 Å². The summed E-state index contributed by atoms with van der Waals surface area (Å²) < 4.78 is 2.11. The lowest BCUT2D eigenvalue weighted by Gasteiger charge is -2.12. The molecule has 0 bridgehead atoms. The minimum Gasteiger partial charge on any atom is -0.296 e. The molecule has 0 radical (unpaired) electrons. The van der Waals surface area contributed by atoms with Gasteiger partial charge in [0.25, 0.3) is 0 Å². The Hall–Kier alpha value is -1.58. The Balaban J connectivity index is 2.33. The summed E-state index contributed by atoms with van der Waals surface area (Å²) in [5, 5.41) is 0.707. The Morgan fingerprint density at radius 3 is 2.90 bits per heavy atom. The van der Waals surface area contributed by atoms with Crippen LogP contribution in [0.3, 0.4) is 0 Å². The third kappa shape index (κ3) is 2.28. The monoisotopic (exact) mass is 305 g/mol. The minimum absolute atomic E-state index is 0.524. The second-order valence-electron chi connectivity index (χ2n) is 4.60. The SMILES string of the molecule is Cc1ccc(Cl)cc1-n1c(CCCl)nc2cnccc21. The number of imidazole rings is 1. The number of hydrogen-bond acceptors (Lipinski definition) is 2. The summed E-state index contributed by atoms with van der Waals surface area (Å²) in [4.78, 5) is 8.75. The van der Waals surface area contributed by atoms with Crippen LogP contribution in [0.5, 0.6) is 0 Å². The van der Waals surface area contributed by atoms with Crippen LogP contribution >= 0.6 is 23.2 Å². The molecule has 5 heteroatoms. The third-order valence-corrected chi connectivity index (χ3v) is 3.68. The average Bonchev–Trinajstić information content (AvgIpc) is 2.80. The zero-order chi connectivity index (χ0) is 14.1. The summed E-state index contributed by atoms with van der Waals surface area (Å²) in [6.07, 6.45) is 4.23. The number of pyridine rings is 1. The van der Waals surface area contributed by atoms with Gasteiger partial charge in [-0.15, -0.1) is 11.6 Å². The second-order valence-corrected chi connectivity index (χ2v) is 5.41. The number of nitrogens with zero attached hydrogens (tertiary/aromatic N) is 3. The molecule has 0 aliphatic rings. The van der Waals surface area contributed by atoms with Crippen LogP contribution in [0.2, 0.25) is 5.02 Å². The van der Waals surface area contributed by atoms with E-state index in [4.69, 9.17) is 23.2 Å². The molecule has 0 fully saturated rings. The van der Waals surface area contributed by atoms with Crippen molar-refractivity contribution in [3.63, 3.8) is 0 Å². The molecule has 0 unspecified atom stereocenters. The zero-order valence-corrected chi connectivity index (χ0v) is 12.5. The maximum atomic E-state index is 6.14. The first kappa shape index (κ1) is 13.4. The van der Waals surface area contributed by atoms with E-state index in [2.05, 4.69) is 21.5 Å². The van der Waals surface area contributed by atoms with E-state index in [0.29, 0.717) is 17.3 Å². The van der Waals surface area contributed by atoms with Crippen molar-refractivity contribution in [2.75, 3.05) is 5.88 Å². The van der Waals surface area contributed by atoms with Gasteiger partial charge < -0.3 is 0 Å². The molecule has 0 N–H and O–H groups in total. The molecule has 1 aromatic carbocycles. The smallest absolute Gasteiger partial charge is 0.115 e. The van der Waals surface area contributed by atoms with E-state index in [1.165, 1.54) is 0 Å². The molecule has 0 saturated carbocycles. The molecule has 20 heavy (non-hydrogen) atoms. The Kier molecular flexibility index (Phi) is 3.64. The van der Waals surface area contributed by atoms with Crippen molar-refractivity contribution in [1.29, 1.82) is 0 Å². The van der Waals surface area contributed by atoms with Crippen molar-refractivity contribution < 1.29 is 0 Å². The summed E-state index contributed by atoms with van der Waals surface area (Å²) in [5.41, 5.74) is 4.06. The fourth-order valence-electron chi connectivity index (χ4n) is 2.33. The molecule has 3 nitrogen and oxygen atoms in total. The number of benzene rings is 1. The average molecular weight is 306 g/mol. The lowest BCUT2D eigenvalue weighted by molar-refractivity contribution is 0.907. The van der Waals surface area contributed by atoms with Gasteiger partial charge in [-0.05, 0) is 30.7 Å². The molecular formula is C15H13Cl2N3. The highest BCUT2D eigenvalue weighted by molar-refractivity contribution is 6.30. The third-order valence-electron chi connectivity index (χ3n) is 3.26. The van der Waals surface area contributed by atoms with E-state index >= 15 is 0 Å². The summed E-state index contributed by atoms with van der Waals surface area (Å²) in [6.45, 7) is 2.06. The number of fused-ring (bicyclic) bond motifs is 1. The highest BCUT2D eigenvalue weighted by Crippen LogP contribution is 2.26. The van der Waals surface area contributed by atoms with Crippen molar-refractivity contribution in [2.24, 2.45) is 0 Å². The first-order chi connectivity index (χ1) is 9.70. The van der Waals surface area contributed by atoms with Gasteiger partial charge in [-0.25, -0.2) is 4.98 Å². The van der Waals surface area contributed by atoms with Crippen molar-refractivity contribution in [3.8, 4) is 5.69 Å². The molecular weight excluding hydrogens is 293 g/mol. The van der Waals surface area contributed by atoms with Crippen LogP contribution in [0, 0.1) is 6.92 Å². The van der Waals surface area contributed by atoms with Gasteiger partial charge in [0.1, 0.15) is 11.3 Å². The van der Waals surface area contributed by atoms with Crippen molar-refractivity contribution in [1.82, 2.24) is 14.5 Å². The number of halogens is 2. The van der Waals surface area contributed by atoms with Crippen LogP contribution < -0.4 is 0 Å². The van der Waals surface area contributed by atoms with E-state index in [1.807, 2.05) is 24.3 Å². The maximum absolute atomic E-state index is 6.14. The molecule has 3 aromatic rings. The Labute approximate surface area is 127 Å². The summed E-state index contributed by atoms with van der Waals surface area (Å²) in [7, 11) is 0. The normalized spacial score (nSPS) is 11.2. The van der Waals surface area contributed by atoms with Crippen LogP contribution in [0.4, 0.5) is 0 Å². The van der Waals surface area contributed by atoms with Crippen molar-refractivity contribution in [2.45, 2.75) is 13.3 Å². The van der Waals surface area contributed by atoms with Gasteiger partial charge in [0, 0.05) is 23.5 Å². The summed E-state index contributed by atoms with van der Waals surface area (Å²) in [6, 6.07) is 7.81. The van der Waals surface area contributed by atoms with Gasteiger partial charge in [-0.1, -0.05) is 17.7 Å². The van der Waals surface area contributed by atoms with Gasteiger partial charge in [-0.3, -0.25) is 9.55 Å². The quantitative estimate of drug-likeness (QED) is 0.680. The first-order valence-corrected chi connectivity index (χ1v) is 7.26. The van der Waals surface area contributed by atoms with Crippen molar-refractivity contribution >= 4 is 34.2 Å². The lowest BCUT2D eigenvalue weighted by Crippen LogP contribution is -2.04. The van der Waals surface area contributed by atoms with E-state index < -0.39 is 0 Å². The van der Waals surface area contributed by atoms with Crippen LogP contribution in [0.25, 0.3) is 16.7 Å². The van der Waals surface area contributed by atoms with E-state index in [9.17, 15) is 0 Å². The Morgan fingerprint density at radius 2 is 2.10 bits per heavy atom. The topological polar surface area (TPSA) is 30.7 Å².